The van der Waals surface area contributed by atoms with Crippen molar-refractivity contribution in [2.75, 3.05) is 26.7 Å². The van der Waals surface area contributed by atoms with Gasteiger partial charge in [-0.25, -0.2) is 0 Å². The Hall–Kier alpha value is -1.30. The van der Waals surface area contributed by atoms with Gasteiger partial charge in [-0.3, -0.25) is 4.79 Å². The van der Waals surface area contributed by atoms with Crippen LogP contribution in [0, 0.1) is 0 Å². The summed E-state index contributed by atoms with van der Waals surface area (Å²) >= 11 is 5.86. The number of halogens is 1. The lowest BCUT2D eigenvalue weighted by molar-refractivity contribution is -0.132. The Morgan fingerprint density at radius 3 is 3.05 bits per heavy atom. The van der Waals surface area contributed by atoms with Crippen LogP contribution in [0.4, 0.5) is 0 Å². The summed E-state index contributed by atoms with van der Waals surface area (Å²) in [7, 11) is 1.73. The Morgan fingerprint density at radius 1 is 1.60 bits per heavy atom. The van der Waals surface area contributed by atoms with Gasteiger partial charge in [-0.15, -0.1) is 0 Å². The number of benzene rings is 1. The summed E-state index contributed by atoms with van der Waals surface area (Å²) in [5.41, 5.74) is 0. The maximum Gasteiger partial charge on any atom is 0.239 e. The molecule has 0 aromatic heterocycles. The lowest BCUT2D eigenvalue weighted by Gasteiger charge is -2.21. The zero-order valence-electron chi connectivity index (χ0n) is 11.4. The number of likely N-dealkylation sites (N-methyl/N-ethyl adjacent to an activating group) is 1. The molecule has 1 aliphatic heterocycles. The summed E-state index contributed by atoms with van der Waals surface area (Å²) in [6, 6.07) is 6.86. The molecule has 6 heteroatoms. The lowest BCUT2D eigenvalue weighted by atomic mass is 10.2. The molecule has 1 aromatic rings. The van der Waals surface area contributed by atoms with Gasteiger partial charge in [0.1, 0.15) is 12.4 Å². The van der Waals surface area contributed by atoms with Gasteiger partial charge in [-0.2, -0.15) is 0 Å². The van der Waals surface area contributed by atoms with Crippen molar-refractivity contribution in [2.24, 2.45) is 0 Å². The molecule has 0 aliphatic carbocycles. The molecule has 1 aliphatic rings. The molecule has 1 aromatic carbocycles. The number of carbonyl (C=O) groups excluding carboxylic acids is 1. The third-order valence-corrected chi connectivity index (χ3v) is 3.51. The molecule has 110 valence electrons. The predicted octanol–water partition coefficient (Wildman–Crippen LogP) is 0.900. The van der Waals surface area contributed by atoms with Crippen molar-refractivity contribution in [3.63, 3.8) is 0 Å². The number of carbonyl (C=O) groups is 1. The second kappa shape index (κ2) is 6.92. The van der Waals surface area contributed by atoms with E-state index in [2.05, 4.69) is 5.32 Å². The minimum atomic E-state index is -0.430. The zero-order valence-corrected chi connectivity index (χ0v) is 12.1. The van der Waals surface area contributed by atoms with Crippen LogP contribution >= 0.6 is 11.6 Å². The molecule has 0 spiro atoms. The van der Waals surface area contributed by atoms with Crippen molar-refractivity contribution in [3.8, 4) is 5.75 Å². The van der Waals surface area contributed by atoms with Crippen molar-refractivity contribution in [1.29, 1.82) is 0 Å². The molecule has 1 fully saturated rings. The molecule has 0 saturated carbocycles. The molecule has 2 rings (SSSR count). The van der Waals surface area contributed by atoms with E-state index in [1.165, 1.54) is 0 Å². The van der Waals surface area contributed by atoms with E-state index in [-0.39, 0.29) is 11.9 Å². The van der Waals surface area contributed by atoms with Crippen molar-refractivity contribution in [2.45, 2.75) is 18.6 Å². The normalized spacial score (nSPS) is 21.8. The number of hydrogen-bond donors (Lipinski definition) is 2. The first-order valence-electron chi connectivity index (χ1n) is 6.61. The van der Waals surface area contributed by atoms with Crippen LogP contribution in [-0.2, 0) is 4.79 Å². The summed E-state index contributed by atoms with van der Waals surface area (Å²) in [6.07, 6.45) is 0.0401. The van der Waals surface area contributed by atoms with Gasteiger partial charge >= 0.3 is 0 Å². The Kier molecular flexibility index (Phi) is 5.23. The van der Waals surface area contributed by atoms with Gasteiger partial charge in [0.05, 0.1) is 18.7 Å². The van der Waals surface area contributed by atoms with E-state index >= 15 is 0 Å². The fraction of sp³-hybridized carbons (Fsp3) is 0.500. The van der Waals surface area contributed by atoms with Crippen LogP contribution in [0.3, 0.4) is 0 Å². The fourth-order valence-corrected chi connectivity index (χ4v) is 2.32. The molecule has 1 saturated heterocycles. The SMILES string of the molecule is CN(CCOc1cccc(Cl)c1)C(=O)C1CC(O)CN1. The van der Waals surface area contributed by atoms with Crippen molar-refractivity contribution in [1.82, 2.24) is 10.2 Å². The topological polar surface area (TPSA) is 61.8 Å². The Morgan fingerprint density at radius 2 is 2.40 bits per heavy atom. The molecule has 2 unspecified atom stereocenters. The number of β-amino-alcohol motifs (C(OH)–C–C–N with tert-alkyl or cyclic N) is 1. The van der Waals surface area contributed by atoms with Crippen LogP contribution in [0.15, 0.2) is 24.3 Å². The fourth-order valence-electron chi connectivity index (χ4n) is 2.14. The lowest BCUT2D eigenvalue weighted by Crippen LogP contribution is -2.43. The molecule has 1 heterocycles. The summed E-state index contributed by atoms with van der Waals surface area (Å²) in [4.78, 5) is 13.7. The van der Waals surface area contributed by atoms with E-state index in [0.717, 1.165) is 0 Å². The highest BCUT2D eigenvalue weighted by Crippen LogP contribution is 2.17. The number of aliphatic hydroxyl groups excluding tert-OH is 1. The van der Waals surface area contributed by atoms with Gasteiger partial charge in [-0.1, -0.05) is 17.7 Å². The molecule has 2 N–H and O–H groups in total. The zero-order chi connectivity index (χ0) is 14.5. The highest BCUT2D eigenvalue weighted by Gasteiger charge is 2.29. The molecule has 0 radical (unpaired) electrons. The van der Waals surface area contributed by atoms with Gasteiger partial charge in [0.2, 0.25) is 5.91 Å². The van der Waals surface area contributed by atoms with Gasteiger partial charge in [-0.05, 0) is 24.6 Å². The number of nitrogens with one attached hydrogen (secondary N) is 1. The van der Waals surface area contributed by atoms with Crippen molar-refractivity contribution in [3.05, 3.63) is 29.3 Å². The van der Waals surface area contributed by atoms with E-state index in [1.807, 2.05) is 12.1 Å². The van der Waals surface area contributed by atoms with Crippen LogP contribution in [0.25, 0.3) is 0 Å². The monoisotopic (exact) mass is 298 g/mol. The number of hydrogen-bond acceptors (Lipinski definition) is 4. The number of nitrogens with zero attached hydrogens (tertiary/aromatic N) is 1. The summed E-state index contributed by atoms with van der Waals surface area (Å²) in [5, 5.41) is 13.0. The second-order valence-electron chi connectivity index (χ2n) is 4.92. The van der Waals surface area contributed by atoms with Crippen LogP contribution in [-0.4, -0.2) is 54.8 Å². The third kappa shape index (κ3) is 4.10. The van der Waals surface area contributed by atoms with Gasteiger partial charge in [0.15, 0.2) is 0 Å². The predicted molar refractivity (Wildman–Crippen MR) is 77.0 cm³/mol. The number of aliphatic hydroxyl groups is 1. The highest BCUT2D eigenvalue weighted by atomic mass is 35.5. The Labute approximate surface area is 123 Å². The van der Waals surface area contributed by atoms with Gasteiger partial charge in [0.25, 0.3) is 0 Å². The van der Waals surface area contributed by atoms with Crippen molar-refractivity contribution >= 4 is 17.5 Å². The maximum absolute atomic E-state index is 12.1. The largest absolute Gasteiger partial charge is 0.492 e. The van der Waals surface area contributed by atoms with Crippen LogP contribution < -0.4 is 10.1 Å². The Balaban J connectivity index is 1.74. The second-order valence-corrected chi connectivity index (χ2v) is 5.35. The van der Waals surface area contributed by atoms with Crippen LogP contribution in [0.1, 0.15) is 6.42 Å². The first-order chi connectivity index (χ1) is 9.56. The number of ether oxygens (including phenoxy) is 1. The number of amides is 1. The quantitative estimate of drug-likeness (QED) is 0.848. The highest BCUT2D eigenvalue weighted by molar-refractivity contribution is 6.30. The minimum Gasteiger partial charge on any atom is -0.492 e. The summed E-state index contributed by atoms with van der Waals surface area (Å²) in [6.45, 7) is 1.36. The molecular weight excluding hydrogens is 280 g/mol. The maximum atomic E-state index is 12.1. The van der Waals surface area contributed by atoms with E-state index in [0.29, 0.717) is 36.9 Å². The number of rotatable bonds is 5. The van der Waals surface area contributed by atoms with E-state index in [1.54, 1.807) is 24.1 Å². The summed E-state index contributed by atoms with van der Waals surface area (Å²) in [5.74, 6) is 0.670. The van der Waals surface area contributed by atoms with Crippen molar-refractivity contribution < 1.29 is 14.6 Å². The average Bonchev–Trinajstić information content (AvgIpc) is 2.84. The average molecular weight is 299 g/mol. The smallest absolute Gasteiger partial charge is 0.239 e. The van der Waals surface area contributed by atoms with Gasteiger partial charge in [0, 0.05) is 18.6 Å². The van der Waals surface area contributed by atoms with Crippen LogP contribution in [0.5, 0.6) is 5.75 Å². The Bertz CT molecular complexity index is 469. The standard InChI is InChI=1S/C14H19ClN2O3/c1-17(14(19)13-8-11(18)9-16-13)5-6-20-12-4-2-3-10(15)7-12/h2-4,7,11,13,16,18H,5-6,8-9H2,1H3. The van der Waals surface area contributed by atoms with E-state index in [9.17, 15) is 9.90 Å². The molecule has 20 heavy (non-hydrogen) atoms. The summed E-state index contributed by atoms with van der Waals surface area (Å²) < 4.78 is 5.54. The van der Waals surface area contributed by atoms with E-state index in [4.69, 9.17) is 16.3 Å². The molecule has 5 nitrogen and oxygen atoms in total. The first-order valence-corrected chi connectivity index (χ1v) is 6.99. The molecule has 2 atom stereocenters. The third-order valence-electron chi connectivity index (χ3n) is 3.27. The molecular formula is C14H19ClN2O3. The van der Waals surface area contributed by atoms with E-state index < -0.39 is 6.10 Å². The first kappa shape index (κ1) is 15.1. The minimum absolute atomic E-state index is 0.0174. The molecule has 1 amide bonds. The van der Waals surface area contributed by atoms with Gasteiger partial charge < -0.3 is 20.1 Å². The van der Waals surface area contributed by atoms with Crippen LogP contribution in [0.2, 0.25) is 5.02 Å². The molecule has 0 bridgehead atoms.